The summed E-state index contributed by atoms with van der Waals surface area (Å²) >= 11 is 0. The molecule has 4 nitrogen and oxygen atoms in total. The predicted octanol–water partition coefficient (Wildman–Crippen LogP) is 5.27. The molecule has 156 valence electrons. The van der Waals surface area contributed by atoms with Crippen LogP contribution in [0, 0.1) is 23.7 Å². The van der Waals surface area contributed by atoms with Gasteiger partial charge in [-0.1, -0.05) is 44.0 Å². The van der Waals surface area contributed by atoms with Crippen molar-refractivity contribution in [1.29, 1.82) is 0 Å². The standard InChI is InChI=1S/C23H34O4S/c1-15-8-10-18(11-9-15)28(24,25)27-20-14-22(4,5)13-19-21(26-7)17(3)16(2)12-23(19,20)6/h8-11,19-21H,12-14H2,1-7H3/t19-,20-,21-,23-/m0/s1. The van der Waals surface area contributed by atoms with Crippen molar-refractivity contribution < 1.29 is 17.3 Å². The topological polar surface area (TPSA) is 52.6 Å². The first-order valence-electron chi connectivity index (χ1n) is 10.1. The molecule has 1 aromatic carbocycles. The van der Waals surface area contributed by atoms with Gasteiger partial charge in [0.25, 0.3) is 10.1 Å². The van der Waals surface area contributed by atoms with Gasteiger partial charge in [-0.3, -0.25) is 4.18 Å². The Morgan fingerprint density at radius 1 is 1.00 bits per heavy atom. The molecular formula is C23H34O4S. The molecule has 0 radical (unpaired) electrons. The number of ether oxygens (including phenoxy) is 1. The summed E-state index contributed by atoms with van der Waals surface area (Å²) < 4.78 is 38.0. The van der Waals surface area contributed by atoms with Crippen molar-refractivity contribution in [3.63, 3.8) is 0 Å². The van der Waals surface area contributed by atoms with Crippen LogP contribution in [0.25, 0.3) is 0 Å². The van der Waals surface area contributed by atoms with E-state index in [4.69, 9.17) is 8.92 Å². The lowest BCUT2D eigenvalue weighted by molar-refractivity contribution is -0.116. The Balaban J connectivity index is 2.00. The maximum absolute atomic E-state index is 13.1. The van der Waals surface area contributed by atoms with Crippen LogP contribution in [0.5, 0.6) is 0 Å². The summed E-state index contributed by atoms with van der Waals surface area (Å²) in [6, 6.07) is 6.88. The molecule has 3 rings (SSSR count). The molecule has 0 aromatic heterocycles. The number of fused-ring (bicyclic) bond motifs is 1. The molecule has 0 aliphatic heterocycles. The molecule has 1 saturated carbocycles. The van der Waals surface area contributed by atoms with E-state index in [0.717, 1.165) is 18.4 Å². The first kappa shape index (κ1) is 21.5. The van der Waals surface area contributed by atoms with E-state index in [2.05, 4.69) is 34.6 Å². The van der Waals surface area contributed by atoms with Gasteiger partial charge in [0.05, 0.1) is 17.1 Å². The van der Waals surface area contributed by atoms with Crippen molar-refractivity contribution in [2.45, 2.75) is 77.9 Å². The van der Waals surface area contributed by atoms with Crippen molar-refractivity contribution in [3.8, 4) is 0 Å². The van der Waals surface area contributed by atoms with E-state index in [9.17, 15) is 8.42 Å². The molecule has 1 aromatic rings. The van der Waals surface area contributed by atoms with E-state index >= 15 is 0 Å². The van der Waals surface area contributed by atoms with Gasteiger partial charge in [-0.25, -0.2) is 0 Å². The summed E-state index contributed by atoms with van der Waals surface area (Å²) in [5.74, 6) is 0.225. The molecule has 1 fully saturated rings. The summed E-state index contributed by atoms with van der Waals surface area (Å²) in [5, 5.41) is 0. The molecule has 0 saturated heterocycles. The third-order valence-corrected chi connectivity index (χ3v) is 8.35. The summed E-state index contributed by atoms with van der Waals surface area (Å²) in [5.41, 5.74) is 3.29. The van der Waals surface area contributed by atoms with Gasteiger partial charge in [-0.15, -0.1) is 0 Å². The quantitative estimate of drug-likeness (QED) is 0.505. The minimum Gasteiger partial charge on any atom is -0.377 e. The van der Waals surface area contributed by atoms with Gasteiger partial charge in [0.1, 0.15) is 0 Å². The van der Waals surface area contributed by atoms with Crippen LogP contribution in [0.3, 0.4) is 0 Å². The fourth-order valence-electron chi connectivity index (χ4n) is 5.24. The molecule has 0 unspecified atom stereocenters. The molecule has 4 atom stereocenters. The number of hydrogen-bond acceptors (Lipinski definition) is 4. The van der Waals surface area contributed by atoms with E-state index in [1.54, 1.807) is 19.2 Å². The van der Waals surface area contributed by atoms with Crippen LogP contribution in [0.4, 0.5) is 0 Å². The molecule has 28 heavy (non-hydrogen) atoms. The van der Waals surface area contributed by atoms with Gasteiger partial charge >= 0.3 is 0 Å². The van der Waals surface area contributed by atoms with Crippen molar-refractivity contribution in [2.24, 2.45) is 16.7 Å². The van der Waals surface area contributed by atoms with Crippen molar-refractivity contribution in [3.05, 3.63) is 41.0 Å². The van der Waals surface area contributed by atoms with E-state index in [1.807, 2.05) is 19.1 Å². The normalized spacial score (nSPS) is 32.9. The van der Waals surface area contributed by atoms with Crippen molar-refractivity contribution >= 4 is 10.1 Å². The fourth-order valence-corrected chi connectivity index (χ4v) is 6.41. The average Bonchev–Trinajstić information content (AvgIpc) is 2.58. The average molecular weight is 407 g/mol. The second-order valence-corrected chi connectivity index (χ2v) is 11.4. The lowest BCUT2D eigenvalue weighted by Crippen LogP contribution is -2.56. The number of methoxy groups -OCH3 is 1. The minimum atomic E-state index is -3.83. The highest BCUT2D eigenvalue weighted by atomic mass is 32.2. The third-order valence-electron chi connectivity index (χ3n) is 7.01. The molecule has 2 aliphatic rings. The maximum atomic E-state index is 13.1. The Morgan fingerprint density at radius 2 is 1.61 bits per heavy atom. The number of hydrogen-bond donors (Lipinski definition) is 0. The first-order chi connectivity index (χ1) is 12.9. The van der Waals surface area contributed by atoms with Crippen LogP contribution in [0.1, 0.15) is 59.4 Å². The zero-order valence-electron chi connectivity index (χ0n) is 18.2. The molecule has 0 heterocycles. The smallest absolute Gasteiger partial charge is 0.297 e. The molecule has 5 heteroatoms. The Labute approximate surface area is 170 Å². The lowest BCUT2D eigenvalue weighted by atomic mass is 9.52. The van der Waals surface area contributed by atoms with Gasteiger partial charge in [-0.05, 0) is 69.1 Å². The number of aryl methyl sites for hydroxylation is 1. The predicted molar refractivity (Wildman–Crippen MR) is 112 cm³/mol. The molecule has 0 N–H and O–H groups in total. The van der Waals surface area contributed by atoms with Crippen LogP contribution < -0.4 is 0 Å². The molecule has 0 amide bonds. The van der Waals surface area contributed by atoms with Gasteiger partial charge in [-0.2, -0.15) is 8.42 Å². The Morgan fingerprint density at radius 3 is 2.18 bits per heavy atom. The zero-order chi connectivity index (χ0) is 20.9. The molecule has 0 bridgehead atoms. The zero-order valence-corrected chi connectivity index (χ0v) is 19.0. The second kappa shape index (κ2) is 7.26. The maximum Gasteiger partial charge on any atom is 0.297 e. The third kappa shape index (κ3) is 3.81. The monoisotopic (exact) mass is 406 g/mol. The van der Waals surface area contributed by atoms with Crippen LogP contribution >= 0.6 is 0 Å². The second-order valence-electron chi connectivity index (χ2n) is 9.83. The highest BCUT2D eigenvalue weighted by Gasteiger charge is 2.56. The Kier molecular flexibility index (Phi) is 5.59. The summed E-state index contributed by atoms with van der Waals surface area (Å²) in [4.78, 5) is 0.226. The van der Waals surface area contributed by atoms with E-state index in [1.165, 1.54) is 11.1 Å². The Bertz CT molecular complexity index is 866. The van der Waals surface area contributed by atoms with Crippen LogP contribution in [-0.2, 0) is 19.0 Å². The van der Waals surface area contributed by atoms with Gasteiger partial charge in [0.2, 0.25) is 0 Å². The number of allylic oxidation sites excluding steroid dienone is 1. The van der Waals surface area contributed by atoms with Crippen LogP contribution in [0.2, 0.25) is 0 Å². The molecule has 0 spiro atoms. The highest BCUT2D eigenvalue weighted by molar-refractivity contribution is 7.86. The van der Waals surface area contributed by atoms with Crippen molar-refractivity contribution in [2.75, 3.05) is 7.11 Å². The van der Waals surface area contributed by atoms with Crippen molar-refractivity contribution in [1.82, 2.24) is 0 Å². The molecular weight excluding hydrogens is 372 g/mol. The lowest BCUT2D eigenvalue weighted by Gasteiger charge is -2.56. The largest absolute Gasteiger partial charge is 0.377 e. The SMILES string of the molecule is CO[C@H]1C(C)=C(C)C[C@]2(C)[C@@H](OS(=O)(=O)c3ccc(C)cc3)CC(C)(C)C[C@@H]12. The minimum absolute atomic E-state index is 0.00602. The summed E-state index contributed by atoms with van der Waals surface area (Å²) in [6.45, 7) is 12.8. The fraction of sp³-hybridized carbons (Fsp3) is 0.652. The summed E-state index contributed by atoms with van der Waals surface area (Å²) in [6.07, 6.45) is 2.18. The molecule has 2 aliphatic carbocycles. The Hall–Kier alpha value is -1.17. The summed E-state index contributed by atoms with van der Waals surface area (Å²) in [7, 11) is -2.07. The van der Waals surface area contributed by atoms with Crippen LogP contribution in [0.15, 0.2) is 40.3 Å². The van der Waals surface area contributed by atoms with Gasteiger partial charge < -0.3 is 4.74 Å². The number of rotatable bonds is 4. The number of benzene rings is 1. The van der Waals surface area contributed by atoms with Gasteiger partial charge in [0, 0.05) is 12.5 Å². The van der Waals surface area contributed by atoms with Gasteiger partial charge in [0.15, 0.2) is 0 Å². The first-order valence-corrected chi connectivity index (χ1v) is 11.5. The van der Waals surface area contributed by atoms with Crippen LogP contribution in [-0.4, -0.2) is 27.7 Å². The van der Waals surface area contributed by atoms with E-state index in [0.29, 0.717) is 6.42 Å². The van der Waals surface area contributed by atoms with E-state index < -0.39 is 10.1 Å². The van der Waals surface area contributed by atoms with E-state index in [-0.39, 0.29) is 33.9 Å². The highest BCUT2D eigenvalue weighted by Crippen LogP contribution is 2.58.